The minimum Gasteiger partial charge on any atom is -0.369 e. The Labute approximate surface area is 140 Å². The molecule has 0 aliphatic carbocycles. The molecule has 0 fully saturated rings. The van der Waals surface area contributed by atoms with Crippen molar-refractivity contribution < 1.29 is 0 Å². The lowest BCUT2D eigenvalue weighted by atomic mass is 10.2. The summed E-state index contributed by atoms with van der Waals surface area (Å²) in [6.07, 6.45) is 0.832. The van der Waals surface area contributed by atoms with Crippen LogP contribution >= 0.6 is 43.5 Å². The van der Waals surface area contributed by atoms with Crippen LogP contribution in [0, 0.1) is 0 Å². The van der Waals surface area contributed by atoms with Crippen LogP contribution in [0.15, 0.2) is 27.1 Å². The molecule has 0 radical (unpaired) electrons. The van der Waals surface area contributed by atoms with E-state index in [9.17, 15) is 0 Å². The molecule has 20 heavy (non-hydrogen) atoms. The Bertz CT molecular complexity index is 632. The number of aryl methyl sites for hydroxylation is 1. The van der Waals surface area contributed by atoms with Gasteiger partial charge in [0.1, 0.15) is 5.82 Å². The van der Waals surface area contributed by atoms with E-state index in [1.165, 1.54) is 0 Å². The van der Waals surface area contributed by atoms with E-state index in [1.54, 1.807) is 0 Å². The van der Waals surface area contributed by atoms with Gasteiger partial charge in [0.25, 0.3) is 0 Å². The molecule has 0 amide bonds. The summed E-state index contributed by atoms with van der Waals surface area (Å²) in [5.41, 5.74) is 1.88. The summed E-state index contributed by atoms with van der Waals surface area (Å²) in [5.74, 6) is 1.49. The van der Waals surface area contributed by atoms with Crippen LogP contribution in [0.5, 0.6) is 0 Å². The zero-order chi connectivity index (χ0) is 14.7. The largest absolute Gasteiger partial charge is 0.369 e. The first-order valence-corrected chi connectivity index (χ1v) is 8.28. The molecule has 1 aromatic carbocycles. The molecule has 1 aromatic heterocycles. The van der Waals surface area contributed by atoms with Crippen molar-refractivity contribution in [3.05, 3.63) is 37.9 Å². The van der Waals surface area contributed by atoms with Crippen LogP contribution in [0.1, 0.15) is 19.5 Å². The van der Waals surface area contributed by atoms with Crippen LogP contribution in [0.3, 0.4) is 0 Å². The number of hydrogen-bond donors (Lipinski definition) is 1. The summed E-state index contributed by atoms with van der Waals surface area (Å²) in [5, 5.41) is 3.90. The van der Waals surface area contributed by atoms with Gasteiger partial charge < -0.3 is 5.32 Å². The monoisotopic (exact) mass is 417 g/mol. The molecule has 0 saturated heterocycles. The molecule has 0 bridgehead atoms. The van der Waals surface area contributed by atoms with Crippen LogP contribution in [0.4, 0.5) is 5.82 Å². The van der Waals surface area contributed by atoms with Crippen LogP contribution in [-0.4, -0.2) is 16.5 Å². The minimum atomic E-state index is 0.650. The summed E-state index contributed by atoms with van der Waals surface area (Å²) in [4.78, 5) is 9.17. The first-order valence-electron chi connectivity index (χ1n) is 6.32. The van der Waals surface area contributed by atoms with Crippen LogP contribution < -0.4 is 5.32 Å². The molecule has 0 saturated carbocycles. The molecule has 0 spiro atoms. The molecule has 0 unspecified atom stereocenters. The summed E-state index contributed by atoms with van der Waals surface area (Å²) < 4.78 is 1.79. The number of nitrogens with one attached hydrogen (secondary N) is 1. The van der Waals surface area contributed by atoms with Crippen molar-refractivity contribution in [2.45, 2.75) is 20.3 Å². The second-order valence-corrected chi connectivity index (χ2v) is 6.22. The lowest BCUT2D eigenvalue weighted by molar-refractivity contribution is 0.984. The molecule has 106 valence electrons. The van der Waals surface area contributed by atoms with E-state index in [4.69, 9.17) is 11.6 Å². The van der Waals surface area contributed by atoms with E-state index >= 15 is 0 Å². The van der Waals surface area contributed by atoms with Crippen molar-refractivity contribution in [2.75, 3.05) is 11.9 Å². The van der Waals surface area contributed by atoms with Gasteiger partial charge in [0.2, 0.25) is 0 Å². The van der Waals surface area contributed by atoms with Gasteiger partial charge in [-0.25, -0.2) is 9.97 Å². The Kier molecular flexibility index (Phi) is 5.41. The lowest BCUT2D eigenvalue weighted by Crippen LogP contribution is -2.05. The number of halogens is 3. The lowest BCUT2D eigenvalue weighted by Gasteiger charge is -2.11. The van der Waals surface area contributed by atoms with Crippen LogP contribution in [0.25, 0.3) is 11.4 Å². The minimum absolute atomic E-state index is 0.650. The van der Waals surface area contributed by atoms with Crippen molar-refractivity contribution in [1.82, 2.24) is 9.97 Å². The number of aromatic nitrogens is 2. The van der Waals surface area contributed by atoms with E-state index in [-0.39, 0.29) is 0 Å². The molecule has 6 heteroatoms. The van der Waals surface area contributed by atoms with Crippen LogP contribution in [0.2, 0.25) is 5.02 Å². The SMILES string of the molecule is CCNc1nc(-c2ccc(Br)c(Cl)c2)nc(CC)c1Br. The molecule has 3 nitrogen and oxygen atoms in total. The Hall–Kier alpha value is -0.650. The van der Waals surface area contributed by atoms with Crippen molar-refractivity contribution in [3.8, 4) is 11.4 Å². The smallest absolute Gasteiger partial charge is 0.161 e. The third-order valence-corrected chi connectivity index (χ3v) is 4.84. The number of anilines is 1. The van der Waals surface area contributed by atoms with Crippen molar-refractivity contribution in [3.63, 3.8) is 0 Å². The summed E-state index contributed by atoms with van der Waals surface area (Å²) >= 11 is 13.1. The number of nitrogens with zero attached hydrogens (tertiary/aromatic N) is 2. The van der Waals surface area contributed by atoms with Gasteiger partial charge in [0.05, 0.1) is 15.2 Å². The predicted octanol–water partition coefficient (Wildman–Crippen LogP) is 5.32. The average molecular weight is 420 g/mol. The van der Waals surface area contributed by atoms with Crippen molar-refractivity contribution in [2.24, 2.45) is 0 Å². The summed E-state index contributed by atoms with van der Waals surface area (Å²) in [6, 6.07) is 5.72. The molecule has 1 heterocycles. The second-order valence-electron chi connectivity index (χ2n) is 4.17. The van der Waals surface area contributed by atoms with Gasteiger partial charge >= 0.3 is 0 Å². The molecule has 0 aliphatic rings. The molecular formula is C14H14Br2ClN3. The van der Waals surface area contributed by atoms with E-state index in [0.29, 0.717) is 10.8 Å². The summed E-state index contributed by atoms with van der Waals surface area (Å²) in [7, 11) is 0. The standard InChI is InChI=1S/C14H14Br2ClN3/c1-3-11-12(16)14(18-4-2)20-13(19-11)8-5-6-9(15)10(17)7-8/h5-7H,3-4H2,1-2H3,(H,18,19,20). The highest BCUT2D eigenvalue weighted by molar-refractivity contribution is 9.11. The Morgan fingerprint density at radius 2 is 1.95 bits per heavy atom. The third-order valence-electron chi connectivity index (χ3n) is 2.78. The molecular weight excluding hydrogens is 405 g/mol. The molecule has 0 aliphatic heterocycles. The van der Waals surface area contributed by atoms with E-state index in [1.807, 2.05) is 25.1 Å². The Morgan fingerprint density at radius 3 is 2.55 bits per heavy atom. The zero-order valence-corrected chi connectivity index (χ0v) is 15.1. The maximum Gasteiger partial charge on any atom is 0.161 e. The van der Waals surface area contributed by atoms with E-state index < -0.39 is 0 Å². The predicted molar refractivity (Wildman–Crippen MR) is 91.4 cm³/mol. The van der Waals surface area contributed by atoms with Crippen LogP contribution in [-0.2, 0) is 6.42 Å². The maximum absolute atomic E-state index is 6.14. The average Bonchev–Trinajstić information content (AvgIpc) is 2.44. The molecule has 1 N–H and O–H groups in total. The van der Waals surface area contributed by atoms with E-state index in [0.717, 1.165) is 39.0 Å². The zero-order valence-electron chi connectivity index (χ0n) is 11.2. The summed E-state index contributed by atoms with van der Waals surface area (Å²) in [6.45, 7) is 4.91. The van der Waals surface area contributed by atoms with Gasteiger partial charge in [-0.3, -0.25) is 0 Å². The quantitative estimate of drug-likeness (QED) is 0.729. The van der Waals surface area contributed by atoms with Gasteiger partial charge in [-0.15, -0.1) is 0 Å². The van der Waals surface area contributed by atoms with E-state index in [2.05, 4.69) is 54.1 Å². The fourth-order valence-corrected chi connectivity index (χ4v) is 2.80. The second kappa shape index (κ2) is 6.87. The highest BCUT2D eigenvalue weighted by Gasteiger charge is 2.12. The number of benzene rings is 1. The van der Waals surface area contributed by atoms with Gasteiger partial charge in [-0.05, 0) is 63.4 Å². The van der Waals surface area contributed by atoms with Gasteiger partial charge in [-0.2, -0.15) is 0 Å². The Balaban J connectivity index is 2.55. The highest BCUT2D eigenvalue weighted by atomic mass is 79.9. The first-order chi connectivity index (χ1) is 9.56. The maximum atomic E-state index is 6.14. The molecule has 2 aromatic rings. The topological polar surface area (TPSA) is 37.8 Å². The van der Waals surface area contributed by atoms with Crippen molar-refractivity contribution in [1.29, 1.82) is 0 Å². The Morgan fingerprint density at radius 1 is 1.20 bits per heavy atom. The fourth-order valence-electron chi connectivity index (χ4n) is 1.78. The number of hydrogen-bond acceptors (Lipinski definition) is 3. The molecule has 0 atom stereocenters. The van der Waals surface area contributed by atoms with Crippen molar-refractivity contribution >= 4 is 49.3 Å². The normalized spacial score (nSPS) is 10.7. The van der Waals surface area contributed by atoms with Gasteiger partial charge in [0.15, 0.2) is 5.82 Å². The molecule has 2 rings (SSSR count). The fraction of sp³-hybridized carbons (Fsp3) is 0.286. The number of rotatable bonds is 4. The van der Waals surface area contributed by atoms with Gasteiger partial charge in [0, 0.05) is 16.6 Å². The first kappa shape index (κ1) is 15.7. The third kappa shape index (κ3) is 3.32. The highest BCUT2D eigenvalue weighted by Crippen LogP contribution is 2.30. The van der Waals surface area contributed by atoms with Gasteiger partial charge in [-0.1, -0.05) is 18.5 Å².